The van der Waals surface area contributed by atoms with E-state index in [2.05, 4.69) is 25.6 Å². The van der Waals surface area contributed by atoms with Crippen molar-refractivity contribution in [2.45, 2.75) is 6.61 Å². The highest BCUT2D eigenvalue weighted by molar-refractivity contribution is 5.60. The summed E-state index contributed by atoms with van der Waals surface area (Å²) in [5.74, 6) is 0. The van der Waals surface area contributed by atoms with Crippen LogP contribution in [0.25, 0.3) is 11.3 Å². The Hall–Kier alpha value is -2.02. The van der Waals surface area contributed by atoms with Crippen LogP contribution in [0.2, 0.25) is 0 Å². The average Bonchev–Trinajstić information content (AvgIpc) is 2.70. The molecule has 2 rings (SSSR count). The minimum atomic E-state index is -0.398. The molecule has 0 aliphatic rings. The molecule has 2 heterocycles. The molecule has 0 aliphatic carbocycles. The van der Waals surface area contributed by atoms with Crippen LogP contribution in [-0.4, -0.2) is 30.7 Å². The van der Waals surface area contributed by atoms with Crippen molar-refractivity contribution in [1.82, 2.24) is 25.6 Å². The van der Waals surface area contributed by atoms with Gasteiger partial charge in [0.05, 0.1) is 24.6 Å². The van der Waals surface area contributed by atoms with Crippen molar-refractivity contribution in [3.63, 3.8) is 0 Å². The standard InChI is InChI=1S/C7H7N5O2/c13-3-4-1-8-11-7(14)6(4)5-2-9-12-10-5/h1-2,13H,3H2,(H,11,14)(H,9,10,12). The molecule has 0 fully saturated rings. The number of aromatic nitrogens is 5. The third kappa shape index (κ3) is 1.29. The molecule has 3 N–H and O–H groups in total. The minimum absolute atomic E-state index is 0.265. The Morgan fingerprint density at radius 3 is 2.86 bits per heavy atom. The van der Waals surface area contributed by atoms with Gasteiger partial charge in [-0.25, -0.2) is 5.10 Å². The molecule has 2 aromatic rings. The van der Waals surface area contributed by atoms with E-state index in [0.717, 1.165) is 0 Å². The Kier molecular flexibility index (Phi) is 2.07. The number of aliphatic hydroxyl groups is 1. The van der Waals surface area contributed by atoms with Crippen LogP contribution in [0.3, 0.4) is 0 Å². The summed E-state index contributed by atoms with van der Waals surface area (Å²) in [6.45, 7) is -0.265. The van der Waals surface area contributed by atoms with E-state index in [4.69, 9.17) is 5.11 Å². The van der Waals surface area contributed by atoms with E-state index in [9.17, 15) is 4.79 Å². The summed E-state index contributed by atoms with van der Waals surface area (Å²) in [7, 11) is 0. The zero-order valence-electron chi connectivity index (χ0n) is 7.06. The predicted molar refractivity (Wildman–Crippen MR) is 46.2 cm³/mol. The SMILES string of the molecule is O=c1[nH]ncc(CO)c1-c1cn[nH]n1. The molecule has 7 heteroatoms. The molecule has 0 saturated heterocycles. The zero-order chi connectivity index (χ0) is 9.97. The second-order valence-electron chi connectivity index (χ2n) is 2.61. The maximum absolute atomic E-state index is 11.4. The van der Waals surface area contributed by atoms with Gasteiger partial charge in [0.1, 0.15) is 5.69 Å². The summed E-state index contributed by atoms with van der Waals surface area (Å²) in [5.41, 5.74) is 0.696. The van der Waals surface area contributed by atoms with Gasteiger partial charge in [0.15, 0.2) is 0 Å². The van der Waals surface area contributed by atoms with Gasteiger partial charge in [-0.15, -0.1) is 0 Å². The summed E-state index contributed by atoms with van der Waals surface area (Å²) >= 11 is 0. The monoisotopic (exact) mass is 193 g/mol. The van der Waals surface area contributed by atoms with Crippen LogP contribution in [-0.2, 0) is 6.61 Å². The van der Waals surface area contributed by atoms with Gasteiger partial charge in [-0.3, -0.25) is 4.79 Å². The molecule has 14 heavy (non-hydrogen) atoms. The molecule has 0 spiro atoms. The van der Waals surface area contributed by atoms with Gasteiger partial charge in [0.25, 0.3) is 5.56 Å². The summed E-state index contributed by atoms with van der Waals surface area (Å²) in [4.78, 5) is 11.4. The minimum Gasteiger partial charge on any atom is -0.392 e. The smallest absolute Gasteiger partial charge is 0.274 e. The molecule has 7 nitrogen and oxygen atoms in total. The third-order valence-electron chi connectivity index (χ3n) is 1.78. The Balaban J connectivity index is 2.68. The fourth-order valence-corrected chi connectivity index (χ4v) is 1.16. The molecular weight excluding hydrogens is 186 g/mol. The first-order valence-corrected chi connectivity index (χ1v) is 3.86. The van der Waals surface area contributed by atoms with E-state index < -0.39 is 5.56 Å². The zero-order valence-corrected chi connectivity index (χ0v) is 7.06. The number of nitrogens with one attached hydrogen (secondary N) is 2. The molecule has 0 amide bonds. The third-order valence-corrected chi connectivity index (χ3v) is 1.78. The van der Waals surface area contributed by atoms with Crippen LogP contribution in [0, 0.1) is 0 Å². The lowest BCUT2D eigenvalue weighted by Crippen LogP contribution is -2.13. The molecule has 0 aromatic carbocycles. The summed E-state index contributed by atoms with van der Waals surface area (Å²) < 4.78 is 0. The Bertz CT molecular complexity index is 475. The van der Waals surface area contributed by atoms with Crippen LogP contribution < -0.4 is 5.56 Å². The molecule has 0 atom stereocenters. The fraction of sp³-hybridized carbons (Fsp3) is 0.143. The fourth-order valence-electron chi connectivity index (χ4n) is 1.16. The number of aliphatic hydroxyl groups excluding tert-OH is 1. The van der Waals surface area contributed by atoms with Gasteiger partial charge in [-0.1, -0.05) is 0 Å². The molecule has 0 radical (unpaired) electrons. The molecule has 2 aromatic heterocycles. The predicted octanol–water partition coefficient (Wildman–Crippen LogP) is -0.953. The number of aromatic amines is 2. The number of H-pyrrole nitrogens is 2. The number of hydrogen-bond donors (Lipinski definition) is 3. The van der Waals surface area contributed by atoms with Crippen LogP contribution in [0.1, 0.15) is 5.56 Å². The van der Waals surface area contributed by atoms with Crippen molar-refractivity contribution >= 4 is 0 Å². The largest absolute Gasteiger partial charge is 0.392 e. The van der Waals surface area contributed by atoms with Crippen molar-refractivity contribution in [3.05, 3.63) is 28.3 Å². The van der Waals surface area contributed by atoms with E-state index in [1.54, 1.807) is 0 Å². The lowest BCUT2D eigenvalue weighted by atomic mass is 10.1. The van der Waals surface area contributed by atoms with Crippen molar-refractivity contribution < 1.29 is 5.11 Å². The molecule has 0 aliphatic heterocycles. The van der Waals surface area contributed by atoms with Crippen LogP contribution in [0.4, 0.5) is 0 Å². The highest BCUT2D eigenvalue weighted by Crippen LogP contribution is 2.14. The van der Waals surface area contributed by atoms with Gasteiger partial charge in [0, 0.05) is 5.56 Å². The second kappa shape index (κ2) is 3.38. The van der Waals surface area contributed by atoms with Crippen LogP contribution >= 0.6 is 0 Å². The Morgan fingerprint density at radius 1 is 1.36 bits per heavy atom. The molecule has 0 saturated carbocycles. The number of rotatable bonds is 2. The van der Waals surface area contributed by atoms with Gasteiger partial charge in [-0.2, -0.15) is 20.5 Å². The Labute approximate surface area is 77.8 Å². The van der Waals surface area contributed by atoms with Crippen LogP contribution in [0.5, 0.6) is 0 Å². The topological polar surface area (TPSA) is 108 Å². The maximum Gasteiger partial charge on any atom is 0.274 e. The van der Waals surface area contributed by atoms with Crippen molar-refractivity contribution in [3.8, 4) is 11.3 Å². The van der Waals surface area contributed by atoms with E-state index in [0.29, 0.717) is 11.3 Å². The first kappa shape index (κ1) is 8.57. The van der Waals surface area contributed by atoms with Crippen molar-refractivity contribution in [2.75, 3.05) is 0 Å². The van der Waals surface area contributed by atoms with Crippen LogP contribution in [0.15, 0.2) is 17.2 Å². The molecule has 72 valence electrons. The average molecular weight is 193 g/mol. The quantitative estimate of drug-likeness (QED) is 0.569. The molecular formula is C7H7N5O2. The van der Waals surface area contributed by atoms with Gasteiger partial charge in [0.2, 0.25) is 0 Å². The Morgan fingerprint density at radius 2 is 2.21 bits per heavy atom. The van der Waals surface area contributed by atoms with Gasteiger partial charge in [-0.05, 0) is 0 Å². The van der Waals surface area contributed by atoms with E-state index in [-0.39, 0.29) is 12.2 Å². The first-order chi connectivity index (χ1) is 6.83. The first-order valence-electron chi connectivity index (χ1n) is 3.86. The lowest BCUT2D eigenvalue weighted by Gasteiger charge is -2.00. The van der Waals surface area contributed by atoms with Crippen molar-refractivity contribution in [1.29, 1.82) is 0 Å². The maximum atomic E-state index is 11.4. The lowest BCUT2D eigenvalue weighted by molar-refractivity contribution is 0.281. The van der Waals surface area contributed by atoms with E-state index in [1.165, 1.54) is 12.4 Å². The van der Waals surface area contributed by atoms with E-state index >= 15 is 0 Å². The second-order valence-corrected chi connectivity index (χ2v) is 2.61. The van der Waals surface area contributed by atoms with Crippen molar-refractivity contribution in [2.24, 2.45) is 0 Å². The summed E-state index contributed by atoms with van der Waals surface area (Å²) in [5, 5.41) is 24.6. The number of nitrogens with zero attached hydrogens (tertiary/aromatic N) is 3. The normalized spacial score (nSPS) is 10.4. The summed E-state index contributed by atoms with van der Waals surface area (Å²) in [6, 6.07) is 0. The van der Waals surface area contributed by atoms with E-state index in [1.807, 2.05) is 0 Å². The highest BCUT2D eigenvalue weighted by atomic mass is 16.3. The summed E-state index contributed by atoms with van der Waals surface area (Å²) in [6.07, 6.45) is 2.79. The molecule has 0 bridgehead atoms. The highest BCUT2D eigenvalue weighted by Gasteiger charge is 2.11. The number of hydrogen-bond acceptors (Lipinski definition) is 5. The van der Waals surface area contributed by atoms with Gasteiger partial charge < -0.3 is 5.11 Å². The molecule has 0 unspecified atom stereocenters. The van der Waals surface area contributed by atoms with Gasteiger partial charge >= 0.3 is 0 Å².